The summed E-state index contributed by atoms with van der Waals surface area (Å²) in [7, 11) is 0. The first kappa shape index (κ1) is 29.3. The molecule has 0 aliphatic carbocycles. The van der Waals surface area contributed by atoms with E-state index in [9.17, 15) is 19.8 Å². The van der Waals surface area contributed by atoms with Gasteiger partial charge >= 0.3 is 5.97 Å². The molecule has 0 bridgehead atoms. The summed E-state index contributed by atoms with van der Waals surface area (Å²) in [6.07, 6.45) is 1.33. The Labute approximate surface area is 235 Å². The van der Waals surface area contributed by atoms with E-state index < -0.39 is 17.6 Å². The molecule has 4 rings (SSSR count). The van der Waals surface area contributed by atoms with Crippen LogP contribution in [0, 0.1) is 5.41 Å². The number of esters is 1. The highest BCUT2D eigenvalue weighted by Gasteiger charge is 2.42. The van der Waals surface area contributed by atoms with Crippen LogP contribution >= 0.6 is 11.6 Å². The monoisotopic (exact) mass is 558 g/mol. The smallest absolute Gasteiger partial charge is 0.312 e. The molecule has 2 heterocycles. The third-order valence-electron chi connectivity index (χ3n) is 7.88. The molecule has 1 amide bonds. The Bertz CT molecular complexity index is 1060. The van der Waals surface area contributed by atoms with Gasteiger partial charge in [0.1, 0.15) is 18.5 Å². The second-order valence-corrected chi connectivity index (χ2v) is 11.1. The Kier molecular flexibility index (Phi) is 10.6. The highest BCUT2D eigenvalue weighted by molar-refractivity contribution is 6.30. The summed E-state index contributed by atoms with van der Waals surface area (Å²) < 4.78 is 11.2. The van der Waals surface area contributed by atoms with Crippen molar-refractivity contribution in [2.24, 2.45) is 5.41 Å². The Morgan fingerprint density at radius 3 is 2.38 bits per heavy atom. The minimum Gasteiger partial charge on any atom is -0.484 e. The van der Waals surface area contributed by atoms with Gasteiger partial charge < -0.3 is 24.6 Å². The van der Waals surface area contributed by atoms with Crippen LogP contribution in [0.15, 0.2) is 54.6 Å². The average Bonchev–Trinajstić information content (AvgIpc) is 2.96. The lowest BCUT2D eigenvalue weighted by Crippen LogP contribution is -2.45. The molecule has 1 spiro atoms. The molecule has 2 aromatic rings. The number of hydrogen-bond donors (Lipinski definition) is 2. The average molecular weight is 559 g/mol. The summed E-state index contributed by atoms with van der Waals surface area (Å²) in [5, 5.41) is 21.6. The predicted octanol–water partition coefficient (Wildman–Crippen LogP) is 3.67. The standard InChI is InChI=1S/C30H39ClN2O6/c31-24-8-10-25(11-9-24)38-22-28(36)33-16-5-4-13-30(29(37)39-21-27(35)26(34)12-17-33)14-18-32(19-15-30)20-23-6-2-1-3-7-23/h1-3,6-11,26-27,34-35H,4-5,12-22H2/t26-,27+/m0/s1. The summed E-state index contributed by atoms with van der Waals surface area (Å²) in [5.74, 6) is 0.0553. The van der Waals surface area contributed by atoms with E-state index in [2.05, 4.69) is 17.0 Å². The van der Waals surface area contributed by atoms with Crippen molar-refractivity contribution < 1.29 is 29.3 Å². The van der Waals surface area contributed by atoms with E-state index in [4.69, 9.17) is 21.1 Å². The number of cyclic esters (lactones) is 1. The van der Waals surface area contributed by atoms with Gasteiger partial charge in [-0.05, 0) is 75.0 Å². The van der Waals surface area contributed by atoms with Crippen LogP contribution in [-0.4, -0.2) is 83.5 Å². The zero-order valence-electron chi connectivity index (χ0n) is 22.3. The lowest BCUT2D eigenvalue weighted by molar-refractivity contribution is -0.165. The molecule has 2 saturated heterocycles. The maximum absolute atomic E-state index is 13.3. The Balaban J connectivity index is 1.37. The highest BCUT2D eigenvalue weighted by atomic mass is 35.5. The topological polar surface area (TPSA) is 99.5 Å². The van der Waals surface area contributed by atoms with E-state index >= 15 is 0 Å². The van der Waals surface area contributed by atoms with Crippen molar-refractivity contribution in [2.45, 2.75) is 57.3 Å². The fourth-order valence-corrected chi connectivity index (χ4v) is 5.46. The highest BCUT2D eigenvalue weighted by Crippen LogP contribution is 2.38. The zero-order valence-corrected chi connectivity index (χ0v) is 23.1. The van der Waals surface area contributed by atoms with Gasteiger partial charge in [-0.3, -0.25) is 14.5 Å². The molecule has 0 unspecified atom stereocenters. The van der Waals surface area contributed by atoms with Gasteiger partial charge in [0.2, 0.25) is 0 Å². The van der Waals surface area contributed by atoms with Crippen LogP contribution < -0.4 is 4.74 Å². The predicted molar refractivity (Wildman–Crippen MR) is 148 cm³/mol. The normalized spacial score (nSPS) is 23.3. The number of nitrogens with zero attached hydrogens (tertiary/aromatic N) is 2. The summed E-state index contributed by atoms with van der Waals surface area (Å²) >= 11 is 5.92. The van der Waals surface area contributed by atoms with Gasteiger partial charge in [-0.25, -0.2) is 0 Å². The first-order chi connectivity index (χ1) is 18.8. The first-order valence-electron chi connectivity index (χ1n) is 13.8. The van der Waals surface area contributed by atoms with Crippen LogP contribution in [0.5, 0.6) is 5.75 Å². The van der Waals surface area contributed by atoms with Gasteiger partial charge in [0.15, 0.2) is 6.61 Å². The number of hydrogen-bond acceptors (Lipinski definition) is 7. The van der Waals surface area contributed by atoms with E-state index in [1.807, 2.05) is 18.2 Å². The molecule has 8 nitrogen and oxygen atoms in total. The van der Waals surface area contributed by atoms with Crippen LogP contribution in [0.25, 0.3) is 0 Å². The molecular formula is C30H39ClN2O6. The van der Waals surface area contributed by atoms with Gasteiger partial charge in [0.05, 0.1) is 11.5 Å². The number of carbonyl (C=O) groups is 2. The molecule has 0 aromatic heterocycles. The van der Waals surface area contributed by atoms with Crippen molar-refractivity contribution in [1.29, 1.82) is 0 Å². The number of likely N-dealkylation sites (tertiary alicyclic amines) is 1. The van der Waals surface area contributed by atoms with E-state index in [1.54, 1.807) is 29.2 Å². The molecule has 2 aliphatic rings. The summed E-state index contributed by atoms with van der Waals surface area (Å²) in [5.41, 5.74) is 0.617. The fraction of sp³-hybridized carbons (Fsp3) is 0.533. The fourth-order valence-electron chi connectivity index (χ4n) is 5.34. The number of aliphatic hydroxyl groups excluding tert-OH is 2. The SMILES string of the molecule is O=C(COc1ccc(Cl)cc1)N1CCCCC2(CCN(Cc3ccccc3)CC2)C(=O)OC[C@@H](O)[C@@H](O)CC1. The van der Waals surface area contributed by atoms with Gasteiger partial charge in [-0.1, -0.05) is 48.4 Å². The van der Waals surface area contributed by atoms with Crippen LogP contribution in [0.3, 0.4) is 0 Å². The number of benzene rings is 2. The van der Waals surface area contributed by atoms with Gasteiger partial charge in [0, 0.05) is 24.7 Å². The number of piperidine rings is 1. The van der Waals surface area contributed by atoms with Crippen LogP contribution in [0.2, 0.25) is 5.02 Å². The molecule has 39 heavy (non-hydrogen) atoms. The molecule has 9 heteroatoms. The minimum atomic E-state index is -1.22. The molecule has 212 valence electrons. The lowest BCUT2D eigenvalue weighted by atomic mass is 9.74. The third kappa shape index (κ3) is 8.42. The molecular weight excluding hydrogens is 520 g/mol. The quantitative estimate of drug-likeness (QED) is 0.540. The lowest BCUT2D eigenvalue weighted by Gasteiger charge is -2.40. The van der Waals surface area contributed by atoms with Crippen molar-refractivity contribution in [3.63, 3.8) is 0 Å². The Morgan fingerprint density at radius 2 is 1.67 bits per heavy atom. The minimum absolute atomic E-state index is 0.136. The van der Waals surface area contributed by atoms with Crippen molar-refractivity contribution in [3.05, 3.63) is 65.2 Å². The van der Waals surface area contributed by atoms with E-state index in [-0.39, 0.29) is 38.1 Å². The molecule has 0 saturated carbocycles. The summed E-state index contributed by atoms with van der Waals surface area (Å²) in [6, 6.07) is 17.1. The van der Waals surface area contributed by atoms with Crippen LogP contribution in [0.4, 0.5) is 0 Å². The largest absolute Gasteiger partial charge is 0.484 e. The molecule has 2 atom stereocenters. The maximum atomic E-state index is 13.3. The van der Waals surface area contributed by atoms with Gasteiger partial charge in [-0.15, -0.1) is 0 Å². The number of ether oxygens (including phenoxy) is 2. The number of carbonyl (C=O) groups excluding carboxylic acids is 2. The van der Waals surface area contributed by atoms with Gasteiger partial charge in [0.25, 0.3) is 5.91 Å². The second kappa shape index (κ2) is 14.1. The molecule has 2 N–H and O–H groups in total. The number of rotatable bonds is 5. The first-order valence-corrected chi connectivity index (χ1v) is 14.2. The zero-order chi connectivity index (χ0) is 27.7. The third-order valence-corrected chi connectivity index (χ3v) is 8.13. The summed E-state index contributed by atoms with van der Waals surface area (Å²) in [4.78, 5) is 30.3. The van der Waals surface area contributed by atoms with E-state index in [1.165, 1.54) is 5.56 Å². The molecule has 2 fully saturated rings. The molecule has 2 aromatic carbocycles. The van der Waals surface area contributed by atoms with Crippen molar-refractivity contribution >= 4 is 23.5 Å². The Hall–Kier alpha value is -2.65. The van der Waals surface area contributed by atoms with Gasteiger partial charge in [-0.2, -0.15) is 0 Å². The Morgan fingerprint density at radius 1 is 0.949 bits per heavy atom. The number of aliphatic hydroxyl groups is 2. The second-order valence-electron chi connectivity index (χ2n) is 10.6. The van der Waals surface area contributed by atoms with Crippen LogP contribution in [0.1, 0.15) is 44.1 Å². The van der Waals surface area contributed by atoms with Crippen molar-refractivity contribution in [2.75, 3.05) is 39.4 Å². The maximum Gasteiger partial charge on any atom is 0.312 e. The van der Waals surface area contributed by atoms with Crippen molar-refractivity contribution in [1.82, 2.24) is 9.80 Å². The molecule has 2 aliphatic heterocycles. The van der Waals surface area contributed by atoms with E-state index in [0.717, 1.165) is 26.1 Å². The number of halogens is 1. The van der Waals surface area contributed by atoms with E-state index in [0.29, 0.717) is 43.0 Å². The van der Waals surface area contributed by atoms with Crippen LogP contribution in [-0.2, 0) is 20.9 Å². The molecule has 0 radical (unpaired) electrons. The van der Waals surface area contributed by atoms with Crippen molar-refractivity contribution in [3.8, 4) is 5.75 Å². The summed E-state index contributed by atoms with van der Waals surface area (Å²) in [6.45, 7) is 2.76. The number of amides is 1.